The molecule has 1 aromatic rings. The summed E-state index contributed by atoms with van der Waals surface area (Å²) in [5.41, 5.74) is 1.67. The molecule has 8 heteroatoms. The normalized spacial score (nSPS) is 24.5. The fraction of sp³-hybridized carbons (Fsp3) is 0.625. The van der Waals surface area contributed by atoms with Crippen molar-refractivity contribution >= 4 is 30.2 Å². The van der Waals surface area contributed by atoms with Crippen LogP contribution in [0.3, 0.4) is 0 Å². The van der Waals surface area contributed by atoms with E-state index in [2.05, 4.69) is 32.7 Å². The Kier molecular flexibility index (Phi) is 5.74. The van der Waals surface area contributed by atoms with E-state index in [-0.39, 0.29) is 30.5 Å². The lowest BCUT2D eigenvalue weighted by Gasteiger charge is -2.32. The monoisotopic (exact) mass is 439 g/mol. The number of carbonyl (C=O) groups is 1. The first-order valence-corrected chi connectivity index (χ1v) is 11.4. The molecular formula is C24H34BN3O4. The highest BCUT2D eigenvalue weighted by Crippen LogP contribution is 2.36. The second-order valence-electron chi connectivity index (χ2n) is 10.8. The van der Waals surface area contributed by atoms with Crippen LogP contribution in [0.1, 0.15) is 66.9 Å². The van der Waals surface area contributed by atoms with Crippen molar-refractivity contribution in [3.05, 3.63) is 29.8 Å². The number of aliphatic imine (C=N–C) groups is 2. The van der Waals surface area contributed by atoms with Gasteiger partial charge in [0.15, 0.2) is 0 Å². The average Bonchev–Trinajstić information content (AvgIpc) is 3.38. The molecule has 3 aliphatic rings. The van der Waals surface area contributed by atoms with Gasteiger partial charge in [-0.2, -0.15) is 0 Å². The molecule has 172 valence electrons. The van der Waals surface area contributed by atoms with Crippen molar-refractivity contribution in [1.29, 1.82) is 0 Å². The van der Waals surface area contributed by atoms with Crippen LogP contribution in [0.5, 0.6) is 0 Å². The van der Waals surface area contributed by atoms with Gasteiger partial charge in [-0.1, -0.05) is 24.3 Å². The minimum Gasteiger partial charge on any atom is -0.444 e. The second-order valence-corrected chi connectivity index (χ2v) is 10.8. The lowest BCUT2D eigenvalue weighted by Crippen LogP contribution is -2.42. The van der Waals surface area contributed by atoms with Crippen LogP contribution >= 0.6 is 0 Å². The van der Waals surface area contributed by atoms with Crippen LogP contribution in [0.15, 0.2) is 34.3 Å². The number of carbonyl (C=O) groups excluding carboxylic acids is 1. The van der Waals surface area contributed by atoms with Gasteiger partial charge in [-0.25, -0.2) is 9.79 Å². The van der Waals surface area contributed by atoms with E-state index in [1.54, 1.807) is 4.90 Å². The third-order valence-corrected chi connectivity index (χ3v) is 6.59. The van der Waals surface area contributed by atoms with Gasteiger partial charge < -0.3 is 14.0 Å². The van der Waals surface area contributed by atoms with Crippen LogP contribution in [0.4, 0.5) is 4.79 Å². The molecule has 0 unspecified atom stereocenters. The molecule has 0 radical (unpaired) electrons. The van der Waals surface area contributed by atoms with Crippen LogP contribution in [0.2, 0.25) is 0 Å². The van der Waals surface area contributed by atoms with E-state index in [0.29, 0.717) is 13.1 Å². The summed E-state index contributed by atoms with van der Waals surface area (Å²) >= 11 is 0. The maximum absolute atomic E-state index is 12.6. The van der Waals surface area contributed by atoms with E-state index in [9.17, 15) is 4.79 Å². The third kappa shape index (κ3) is 4.48. The molecule has 3 aliphatic heterocycles. The predicted molar refractivity (Wildman–Crippen MR) is 127 cm³/mol. The van der Waals surface area contributed by atoms with Crippen molar-refractivity contribution < 1.29 is 18.8 Å². The molecule has 0 aromatic heterocycles. The number of nitrogens with zero attached hydrogens (tertiary/aromatic N) is 3. The largest absolute Gasteiger partial charge is 0.494 e. The number of amides is 1. The molecule has 4 rings (SSSR count). The van der Waals surface area contributed by atoms with Gasteiger partial charge in [-0.3, -0.25) is 9.89 Å². The highest BCUT2D eigenvalue weighted by molar-refractivity contribution is 6.62. The maximum atomic E-state index is 12.6. The average molecular weight is 439 g/mol. The SMILES string of the molecule is CC(C)(C)OC(=O)N1CCC[C@H]1C1=NCC(c2ccc(B3OC(C)(C)C(C)(C)O3)cc2)=N1. The Morgan fingerprint density at radius 1 is 1.12 bits per heavy atom. The lowest BCUT2D eigenvalue weighted by atomic mass is 9.78. The number of hydrogen-bond donors (Lipinski definition) is 0. The highest BCUT2D eigenvalue weighted by Gasteiger charge is 2.51. The Hall–Kier alpha value is -2.19. The summed E-state index contributed by atoms with van der Waals surface area (Å²) in [5, 5.41) is 0. The van der Waals surface area contributed by atoms with Gasteiger partial charge in [0.25, 0.3) is 0 Å². The Morgan fingerprint density at radius 3 is 2.34 bits per heavy atom. The summed E-state index contributed by atoms with van der Waals surface area (Å²) < 4.78 is 17.9. The summed E-state index contributed by atoms with van der Waals surface area (Å²) in [4.78, 5) is 23.8. The molecule has 1 atom stereocenters. The molecule has 2 saturated heterocycles. The van der Waals surface area contributed by atoms with E-state index in [1.165, 1.54) is 0 Å². The Bertz CT molecular complexity index is 931. The summed E-state index contributed by atoms with van der Waals surface area (Å²) in [6.07, 6.45) is 1.49. The van der Waals surface area contributed by atoms with Crippen molar-refractivity contribution in [2.24, 2.45) is 9.98 Å². The van der Waals surface area contributed by atoms with Crippen molar-refractivity contribution in [2.45, 2.75) is 84.2 Å². The molecular weight excluding hydrogens is 405 g/mol. The molecule has 0 N–H and O–H groups in total. The number of benzene rings is 1. The first-order valence-electron chi connectivity index (χ1n) is 11.4. The zero-order valence-corrected chi connectivity index (χ0v) is 20.3. The van der Waals surface area contributed by atoms with Crippen LogP contribution in [-0.4, -0.2) is 65.6 Å². The molecule has 0 spiro atoms. The molecule has 32 heavy (non-hydrogen) atoms. The fourth-order valence-corrected chi connectivity index (χ4v) is 4.09. The van der Waals surface area contributed by atoms with Crippen molar-refractivity contribution in [2.75, 3.05) is 13.1 Å². The second kappa shape index (κ2) is 7.99. The first kappa shape index (κ1) is 23.0. The number of likely N-dealkylation sites (tertiary alicyclic amines) is 1. The standard InChI is InChI=1S/C24H34BN3O4/c1-22(2,3)30-21(29)28-14-8-9-19(28)20-26-15-18(27-20)16-10-12-17(13-11-16)25-31-23(4,5)24(6,7)32-25/h10-13,19H,8-9,14-15H2,1-7H3/t19-/m0/s1. The van der Waals surface area contributed by atoms with Gasteiger partial charge in [-0.05, 0) is 72.3 Å². The van der Waals surface area contributed by atoms with Crippen LogP contribution in [-0.2, 0) is 14.0 Å². The minimum absolute atomic E-state index is 0.119. The van der Waals surface area contributed by atoms with E-state index in [1.807, 2.05) is 45.0 Å². The quantitative estimate of drug-likeness (QED) is 0.675. The molecule has 0 saturated carbocycles. The topological polar surface area (TPSA) is 72.7 Å². The van der Waals surface area contributed by atoms with Crippen molar-refractivity contribution in [1.82, 2.24) is 4.90 Å². The molecule has 3 heterocycles. The van der Waals surface area contributed by atoms with Crippen LogP contribution in [0.25, 0.3) is 0 Å². The van der Waals surface area contributed by atoms with Crippen molar-refractivity contribution in [3.63, 3.8) is 0 Å². The lowest BCUT2D eigenvalue weighted by molar-refractivity contribution is 0.00578. The molecule has 1 aromatic carbocycles. The predicted octanol–water partition coefficient (Wildman–Crippen LogP) is 3.59. The molecule has 1 amide bonds. The summed E-state index contributed by atoms with van der Waals surface area (Å²) in [5.74, 6) is 0.721. The van der Waals surface area contributed by atoms with Crippen molar-refractivity contribution in [3.8, 4) is 0 Å². The first-order chi connectivity index (χ1) is 14.9. The summed E-state index contributed by atoms with van der Waals surface area (Å²) in [7, 11) is -0.382. The van der Waals surface area contributed by atoms with E-state index in [4.69, 9.17) is 19.0 Å². The number of hydrogen-bond acceptors (Lipinski definition) is 6. The van der Waals surface area contributed by atoms with Gasteiger partial charge >= 0.3 is 13.2 Å². The summed E-state index contributed by atoms with van der Waals surface area (Å²) in [6, 6.07) is 8.02. The highest BCUT2D eigenvalue weighted by atomic mass is 16.7. The zero-order chi connectivity index (χ0) is 23.3. The fourth-order valence-electron chi connectivity index (χ4n) is 4.09. The van der Waals surface area contributed by atoms with Crippen LogP contribution < -0.4 is 5.46 Å². The van der Waals surface area contributed by atoms with Gasteiger partial charge in [0.05, 0.1) is 29.5 Å². The minimum atomic E-state index is -0.519. The number of ether oxygens (including phenoxy) is 1. The Labute approximate surface area is 191 Å². The van der Waals surface area contributed by atoms with Gasteiger partial charge in [0.2, 0.25) is 0 Å². The van der Waals surface area contributed by atoms with Gasteiger partial charge in [0.1, 0.15) is 11.4 Å². The van der Waals surface area contributed by atoms with E-state index < -0.39 is 5.60 Å². The van der Waals surface area contributed by atoms with E-state index >= 15 is 0 Å². The molecule has 0 bridgehead atoms. The Morgan fingerprint density at radius 2 is 1.75 bits per heavy atom. The smallest absolute Gasteiger partial charge is 0.444 e. The third-order valence-electron chi connectivity index (χ3n) is 6.59. The van der Waals surface area contributed by atoms with Crippen LogP contribution in [0, 0.1) is 0 Å². The maximum Gasteiger partial charge on any atom is 0.494 e. The van der Waals surface area contributed by atoms with Gasteiger partial charge in [-0.15, -0.1) is 0 Å². The van der Waals surface area contributed by atoms with E-state index in [0.717, 1.165) is 35.4 Å². The number of amidine groups is 1. The molecule has 0 aliphatic carbocycles. The summed E-state index contributed by atoms with van der Waals surface area (Å²) in [6.45, 7) is 15.0. The van der Waals surface area contributed by atoms with Gasteiger partial charge in [0, 0.05) is 6.54 Å². The Balaban J connectivity index is 1.45. The number of rotatable bonds is 3. The molecule has 7 nitrogen and oxygen atoms in total. The molecule has 2 fully saturated rings. The zero-order valence-electron chi connectivity index (χ0n) is 20.3.